The van der Waals surface area contributed by atoms with Gasteiger partial charge in [-0.2, -0.15) is 0 Å². The van der Waals surface area contributed by atoms with Crippen LogP contribution < -0.4 is 10.1 Å². The van der Waals surface area contributed by atoms with Crippen LogP contribution in [0.2, 0.25) is 0 Å². The van der Waals surface area contributed by atoms with Crippen molar-refractivity contribution in [3.05, 3.63) is 30.1 Å². The largest absolute Gasteiger partial charge is 0.492 e. The summed E-state index contributed by atoms with van der Waals surface area (Å²) in [6, 6.07) is 8.34. The van der Waals surface area contributed by atoms with Crippen LogP contribution in [-0.2, 0) is 0 Å². The molecule has 0 saturated carbocycles. The van der Waals surface area contributed by atoms with E-state index in [2.05, 4.69) is 17.3 Å². The standard InChI is InChI=1S/C16H23FN2O/c1-19(15-10-13-4-5-14(11-15)18-13)8-9-20-16-6-2-12(17)3-7-16/h2-3,6-7,13-15,18H,4-5,8-11H2,1H3. The number of rotatable bonds is 5. The molecular weight excluding hydrogens is 255 g/mol. The molecule has 1 aromatic rings. The molecular formula is C16H23FN2O. The van der Waals surface area contributed by atoms with Crippen LogP contribution in [0.15, 0.2) is 24.3 Å². The molecule has 3 rings (SSSR count). The van der Waals surface area contributed by atoms with E-state index in [1.807, 2.05) is 0 Å². The lowest BCUT2D eigenvalue weighted by molar-refractivity contribution is 0.147. The van der Waals surface area contributed by atoms with E-state index in [0.29, 0.717) is 12.6 Å². The van der Waals surface area contributed by atoms with Gasteiger partial charge in [0.25, 0.3) is 0 Å². The highest BCUT2D eigenvalue weighted by atomic mass is 19.1. The van der Waals surface area contributed by atoms with E-state index in [9.17, 15) is 4.39 Å². The van der Waals surface area contributed by atoms with Gasteiger partial charge in [0.2, 0.25) is 0 Å². The maximum absolute atomic E-state index is 12.8. The van der Waals surface area contributed by atoms with E-state index >= 15 is 0 Å². The fraction of sp³-hybridized carbons (Fsp3) is 0.625. The molecule has 20 heavy (non-hydrogen) atoms. The van der Waals surface area contributed by atoms with Gasteiger partial charge in [-0.25, -0.2) is 4.39 Å². The minimum absolute atomic E-state index is 0.223. The number of hydrogen-bond donors (Lipinski definition) is 1. The number of hydrogen-bond acceptors (Lipinski definition) is 3. The molecule has 2 unspecified atom stereocenters. The zero-order valence-corrected chi connectivity index (χ0v) is 12.0. The van der Waals surface area contributed by atoms with Crippen LogP contribution in [0.5, 0.6) is 5.75 Å². The van der Waals surface area contributed by atoms with Crippen LogP contribution in [0.4, 0.5) is 4.39 Å². The third-order valence-corrected chi connectivity index (χ3v) is 4.60. The highest BCUT2D eigenvalue weighted by Crippen LogP contribution is 2.29. The Labute approximate surface area is 120 Å². The quantitative estimate of drug-likeness (QED) is 0.895. The van der Waals surface area contributed by atoms with E-state index in [-0.39, 0.29) is 5.82 Å². The summed E-state index contributed by atoms with van der Waals surface area (Å²) in [6.07, 6.45) is 5.18. The predicted molar refractivity (Wildman–Crippen MR) is 77.5 cm³/mol. The van der Waals surface area contributed by atoms with Gasteiger partial charge in [-0.15, -0.1) is 0 Å². The molecule has 2 fully saturated rings. The van der Waals surface area contributed by atoms with Crippen molar-refractivity contribution in [3.8, 4) is 5.75 Å². The summed E-state index contributed by atoms with van der Waals surface area (Å²) in [4.78, 5) is 2.41. The number of halogens is 1. The van der Waals surface area contributed by atoms with Crippen molar-refractivity contribution in [1.82, 2.24) is 10.2 Å². The summed E-state index contributed by atoms with van der Waals surface area (Å²) in [5.74, 6) is 0.518. The van der Waals surface area contributed by atoms with Crippen molar-refractivity contribution in [1.29, 1.82) is 0 Å². The van der Waals surface area contributed by atoms with Gasteiger partial charge in [-0.05, 0) is 57.0 Å². The monoisotopic (exact) mass is 278 g/mol. The Morgan fingerprint density at radius 3 is 2.50 bits per heavy atom. The van der Waals surface area contributed by atoms with Crippen LogP contribution in [0.25, 0.3) is 0 Å². The minimum Gasteiger partial charge on any atom is -0.492 e. The third kappa shape index (κ3) is 3.30. The summed E-state index contributed by atoms with van der Waals surface area (Å²) < 4.78 is 18.5. The van der Waals surface area contributed by atoms with Crippen LogP contribution in [0.1, 0.15) is 25.7 Å². The second-order valence-electron chi connectivity index (χ2n) is 6.05. The van der Waals surface area contributed by atoms with E-state index < -0.39 is 0 Å². The number of benzene rings is 1. The topological polar surface area (TPSA) is 24.5 Å². The average Bonchev–Trinajstić information content (AvgIpc) is 2.79. The molecule has 2 aliphatic heterocycles. The first kappa shape index (κ1) is 13.8. The molecule has 1 N–H and O–H groups in total. The normalized spacial score (nSPS) is 28.9. The maximum Gasteiger partial charge on any atom is 0.123 e. The van der Waals surface area contributed by atoms with Gasteiger partial charge in [0.05, 0.1) is 0 Å². The molecule has 3 nitrogen and oxygen atoms in total. The van der Waals surface area contributed by atoms with E-state index in [0.717, 1.165) is 24.4 Å². The fourth-order valence-corrected chi connectivity index (χ4v) is 3.41. The Morgan fingerprint density at radius 2 is 1.85 bits per heavy atom. The van der Waals surface area contributed by atoms with Gasteiger partial charge < -0.3 is 10.1 Å². The Morgan fingerprint density at radius 1 is 1.20 bits per heavy atom. The molecule has 110 valence electrons. The molecule has 0 amide bonds. The van der Waals surface area contributed by atoms with Crippen LogP contribution in [0, 0.1) is 5.82 Å². The third-order valence-electron chi connectivity index (χ3n) is 4.60. The summed E-state index contributed by atoms with van der Waals surface area (Å²) in [7, 11) is 2.18. The highest BCUT2D eigenvalue weighted by molar-refractivity contribution is 5.21. The lowest BCUT2D eigenvalue weighted by Gasteiger charge is -2.35. The summed E-state index contributed by atoms with van der Waals surface area (Å²) >= 11 is 0. The Bertz CT molecular complexity index is 425. The molecule has 0 aliphatic carbocycles. The molecule has 0 spiro atoms. The number of piperidine rings is 1. The maximum atomic E-state index is 12.8. The first-order valence-electron chi connectivity index (χ1n) is 7.55. The summed E-state index contributed by atoms with van der Waals surface area (Å²) in [6.45, 7) is 1.57. The molecule has 2 heterocycles. The van der Waals surface area contributed by atoms with Crippen molar-refractivity contribution >= 4 is 0 Å². The van der Waals surface area contributed by atoms with Gasteiger partial charge in [-0.1, -0.05) is 0 Å². The summed E-state index contributed by atoms with van der Waals surface area (Å²) in [5, 5.41) is 3.67. The Kier molecular flexibility index (Phi) is 4.22. The highest BCUT2D eigenvalue weighted by Gasteiger charge is 2.34. The smallest absolute Gasteiger partial charge is 0.123 e. The van der Waals surface area contributed by atoms with Gasteiger partial charge >= 0.3 is 0 Å². The molecule has 2 saturated heterocycles. The molecule has 2 aliphatic rings. The van der Waals surface area contributed by atoms with Gasteiger partial charge in [-0.3, -0.25) is 4.90 Å². The van der Waals surface area contributed by atoms with Crippen molar-refractivity contribution in [3.63, 3.8) is 0 Å². The van der Waals surface area contributed by atoms with E-state index in [1.54, 1.807) is 12.1 Å². The Hall–Kier alpha value is -1.13. The second-order valence-corrected chi connectivity index (χ2v) is 6.05. The second kappa shape index (κ2) is 6.10. The minimum atomic E-state index is -0.223. The van der Waals surface area contributed by atoms with Crippen LogP contribution in [0.3, 0.4) is 0 Å². The SMILES string of the molecule is CN(CCOc1ccc(F)cc1)C1CC2CCC(C1)N2. The van der Waals surface area contributed by atoms with Crippen molar-refractivity contribution in [2.45, 2.75) is 43.8 Å². The lowest BCUT2D eigenvalue weighted by Crippen LogP contribution is -2.47. The van der Waals surface area contributed by atoms with E-state index in [4.69, 9.17) is 4.74 Å². The number of likely N-dealkylation sites (N-methyl/N-ethyl adjacent to an activating group) is 1. The Balaban J connectivity index is 1.43. The van der Waals surface area contributed by atoms with Crippen molar-refractivity contribution in [2.24, 2.45) is 0 Å². The number of fused-ring (bicyclic) bond motifs is 2. The average molecular weight is 278 g/mol. The van der Waals surface area contributed by atoms with Gasteiger partial charge in [0.1, 0.15) is 18.2 Å². The van der Waals surface area contributed by atoms with Crippen LogP contribution in [-0.4, -0.2) is 43.2 Å². The summed E-state index contributed by atoms with van der Waals surface area (Å²) in [5.41, 5.74) is 0. The molecule has 0 aromatic heterocycles. The zero-order valence-electron chi connectivity index (χ0n) is 12.0. The molecule has 2 atom stereocenters. The van der Waals surface area contributed by atoms with Gasteiger partial charge in [0.15, 0.2) is 0 Å². The fourth-order valence-electron chi connectivity index (χ4n) is 3.41. The first-order valence-corrected chi connectivity index (χ1v) is 7.55. The van der Waals surface area contributed by atoms with E-state index in [1.165, 1.54) is 37.8 Å². The van der Waals surface area contributed by atoms with Crippen LogP contribution >= 0.6 is 0 Å². The molecule has 0 radical (unpaired) electrons. The van der Waals surface area contributed by atoms with Crippen molar-refractivity contribution < 1.29 is 9.13 Å². The molecule has 4 heteroatoms. The van der Waals surface area contributed by atoms with Gasteiger partial charge in [0, 0.05) is 24.7 Å². The molecule has 1 aromatic carbocycles. The zero-order chi connectivity index (χ0) is 13.9. The lowest BCUT2D eigenvalue weighted by atomic mass is 9.99. The first-order chi connectivity index (χ1) is 9.70. The predicted octanol–water partition coefficient (Wildman–Crippen LogP) is 2.42. The number of ether oxygens (including phenoxy) is 1. The molecule has 2 bridgehead atoms. The number of nitrogens with one attached hydrogen (secondary N) is 1. The number of nitrogens with zero attached hydrogens (tertiary/aromatic N) is 1. The van der Waals surface area contributed by atoms with Crippen molar-refractivity contribution in [2.75, 3.05) is 20.2 Å².